The molecule has 3 aromatic carbocycles. The Morgan fingerprint density at radius 3 is 2.30 bits per heavy atom. The third-order valence-corrected chi connectivity index (χ3v) is 6.37. The van der Waals surface area contributed by atoms with Crippen molar-refractivity contribution in [3.8, 4) is 5.75 Å². The van der Waals surface area contributed by atoms with Crippen LogP contribution in [-0.2, 0) is 22.6 Å². The zero-order valence-electron chi connectivity index (χ0n) is 19.2. The minimum Gasteiger partial charge on any atom is -0.484 e. The van der Waals surface area contributed by atoms with E-state index in [-0.39, 0.29) is 18.4 Å². The Bertz CT molecular complexity index is 1080. The first-order valence-electron chi connectivity index (χ1n) is 10.9. The van der Waals surface area contributed by atoms with Gasteiger partial charge in [0.2, 0.25) is 5.91 Å². The second kappa shape index (κ2) is 11.7. The Labute approximate surface area is 203 Å². The van der Waals surface area contributed by atoms with Crippen molar-refractivity contribution in [3.05, 3.63) is 99.5 Å². The topological polar surface area (TPSA) is 58.6 Å². The van der Waals surface area contributed by atoms with E-state index in [1.54, 1.807) is 11.9 Å². The van der Waals surface area contributed by atoms with Gasteiger partial charge in [0.05, 0.1) is 0 Å². The quantitative estimate of drug-likeness (QED) is 0.450. The van der Waals surface area contributed by atoms with Gasteiger partial charge in [0.15, 0.2) is 6.61 Å². The van der Waals surface area contributed by atoms with Gasteiger partial charge >= 0.3 is 0 Å². The van der Waals surface area contributed by atoms with Crippen molar-refractivity contribution in [2.45, 2.75) is 32.9 Å². The summed E-state index contributed by atoms with van der Waals surface area (Å²) in [6, 6.07) is 22.6. The molecule has 2 amide bonds. The average molecular weight is 509 g/mol. The summed E-state index contributed by atoms with van der Waals surface area (Å²) in [7, 11) is 1.59. The van der Waals surface area contributed by atoms with Crippen molar-refractivity contribution in [3.63, 3.8) is 0 Å². The number of amides is 2. The Hall–Kier alpha value is -3.12. The predicted molar refractivity (Wildman–Crippen MR) is 134 cm³/mol. The molecule has 6 heteroatoms. The second-order valence-electron chi connectivity index (χ2n) is 8.03. The van der Waals surface area contributed by atoms with Gasteiger partial charge in [-0.1, -0.05) is 76.1 Å². The standard InChI is InChI=1S/C27H29BrN2O3/c1-19-9-11-22(12-10-19)17-30(25(27(32)29-3)16-21-7-5-4-6-8-21)26(31)18-33-23-13-14-24(28)20(2)15-23/h4-15,25H,16-18H2,1-3H3,(H,29,32)/t25-/m0/s1. The van der Waals surface area contributed by atoms with Crippen molar-refractivity contribution in [2.75, 3.05) is 13.7 Å². The fourth-order valence-electron chi connectivity index (χ4n) is 3.55. The molecule has 0 bridgehead atoms. The van der Waals surface area contributed by atoms with E-state index >= 15 is 0 Å². The maximum atomic E-state index is 13.4. The van der Waals surface area contributed by atoms with Crippen LogP contribution in [0.1, 0.15) is 22.3 Å². The summed E-state index contributed by atoms with van der Waals surface area (Å²) in [6.45, 7) is 4.13. The molecule has 0 heterocycles. The summed E-state index contributed by atoms with van der Waals surface area (Å²) in [5.74, 6) is 0.151. The molecule has 0 saturated carbocycles. The number of hydrogen-bond donors (Lipinski definition) is 1. The normalized spacial score (nSPS) is 11.5. The monoisotopic (exact) mass is 508 g/mol. The smallest absolute Gasteiger partial charge is 0.261 e. The van der Waals surface area contributed by atoms with Gasteiger partial charge in [0.1, 0.15) is 11.8 Å². The van der Waals surface area contributed by atoms with E-state index in [0.717, 1.165) is 26.7 Å². The van der Waals surface area contributed by atoms with Gasteiger partial charge in [-0.3, -0.25) is 9.59 Å². The van der Waals surface area contributed by atoms with Crippen LogP contribution in [0.2, 0.25) is 0 Å². The van der Waals surface area contributed by atoms with Crippen LogP contribution in [0.15, 0.2) is 77.3 Å². The lowest BCUT2D eigenvalue weighted by molar-refractivity contribution is -0.142. The van der Waals surface area contributed by atoms with E-state index in [1.165, 1.54) is 0 Å². The number of aryl methyl sites for hydroxylation is 2. The first-order chi connectivity index (χ1) is 15.9. The molecule has 0 aliphatic heterocycles. The van der Waals surface area contributed by atoms with Gasteiger partial charge in [-0.25, -0.2) is 0 Å². The third kappa shape index (κ3) is 6.93. The lowest BCUT2D eigenvalue weighted by Gasteiger charge is -2.31. The van der Waals surface area contributed by atoms with E-state index in [0.29, 0.717) is 18.7 Å². The average Bonchev–Trinajstić information content (AvgIpc) is 2.83. The molecular weight excluding hydrogens is 480 g/mol. The molecule has 0 aliphatic rings. The zero-order valence-corrected chi connectivity index (χ0v) is 20.8. The summed E-state index contributed by atoms with van der Waals surface area (Å²) in [5, 5.41) is 2.72. The highest BCUT2D eigenvalue weighted by molar-refractivity contribution is 9.10. The summed E-state index contributed by atoms with van der Waals surface area (Å²) in [5.41, 5.74) is 4.09. The third-order valence-electron chi connectivity index (χ3n) is 5.48. The molecule has 0 aliphatic carbocycles. The number of carbonyl (C=O) groups is 2. The van der Waals surface area contributed by atoms with Crippen LogP contribution in [0, 0.1) is 13.8 Å². The fraction of sp³-hybridized carbons (Fsp3) is 0.259. The number of nitrogens with zero attached hydrogens (tertiary/aromatic N) is 1. The van der Waals surface area contributed by atoms with Crippen molar-refractivity contribution in [2.24, 2.45) is 0 Å². The molecule has 0 radical (unpaired) electrons. The van der Waals surface area contributed by atoms with Crippen LogP contribution in [0.4, 0.5) is 0 Å². The summed E-state index contributed by atoms with van der Waals surface area (Å²) in [6.07, 6.45) is 0.412. The van der Waals surface area contributed by atoms with Gasteiger partial charge in [0, 0.05) is 24.5 Å². The highest BCUT2D eigenvalue weighted by Gasteiger charge is 2.30. The number of carbonyl (C=O) groups excluding carboxylic acids is 2. The number of ether oxygens (including phenoxy) is 1. The molecule has 0 unspecified atom stereocenters. The van der Waals surface area contributed by atoms with E-state index < -0.39 is 6.04 Å². The molecule has 3 rings (SSSR count). The Balaban J connectivity index is 1.86. The highest BCUT2D eigenvalue weighted by Crippen LogP contribution is 2.22. The molecule has 3 aromatic rings. The van der Waals surface area contributed by atoms with Crippen molar-refractivity contribution < 1.29 is 14.3 Å². The number of hydrogen-bond acceptors (Lipinski definition) is 3. The predicted octanol–water partition coefficient (Wildman–Crippen LogP) is 4.83. The molecule has 0 saturated heterocycles. The Kier molecular flexibility index (Phi) is 8.66. The van der Waals surface area contributed by atoms with Crippen LogP contribution < -0.4 is 10.1 Å². The summed E-state index contributed by atoms with van der Waals surface area (Å²) < 4.78 is 6.79. The fourth-order valence-corrected chi connectivity index (χ4v) is 3.79. The molecule has 172 valence electrons. The summed E-state index contributed by atoms with van der Waals surface area (Å²) >= 11 is 3.47. The first kappa shape index (κ1) is 24.5. The Morgan fingerprint density at radius 1 is 0.970 bits per heavy atom. The van der Waals surface area contributed by atoms with E-state index in [1.807, 2.05) is 86.6 Å². The minimum atomic E-state index is -0.665. The maximum Gasteiger partial charge on any atom is 0.261 e. The molecule has 0 fully saturated rings. The molecular formula is C27H29BrN2O3. The van der Waals surface area contributed by atoms with Crippen LogP contribution in [0.5, 0.6) is 5.75 Å². The lowest BCUT2D eigenvalue weighted by Crippen LogP contribution is -2.51. The number of likely N-dealkylation sites (N-methyl/N-ethyl adjacent to an activating group) is 1. The minimum absolute atomic E-state index is 0.158. The first-order valence-corrected chi connectivity index (χ1v) is 11.7. The van der Waals surface area contributed by atoms with Gasteiger partial charge < -0.3 is 15.0 Å². The SMILES string of the molecule is CNC(=O)[C@H](Cc1ccccc1)N(Cc1ccc(C)cc1)C(=O)COc1ccc(Br)c(C)c1. The Morgan fingerprint density at radius 2 is 1.67 bits per heavy atom. The largest absolute Gasteiger partial charge is 0.484 e. The van der Waals surface area contributed by atoms with E-state index in [2.05, 4.69) is 21.2 Å². The molecule has 1 atom stereocenters. The zero-order chi connectivity index (χ0) is 23.8. The van der Waals surface area contributed by atoms with Gasteiger partial charge in [-0.15, -0.1) is 0 Å². The molecule has 0 aromatic heterocycles. The van der Waals surface area contributed by atoms with Crippen molar-refractivity contribution in [1.29, 1.82) is 0 Å². The highest BCUT2D eigenvalue weighted by atomic mass is 79.9. The molecule has 5 nitrogen and oxygen atoms in total. The van der Waals surface area contributed by atoms with Crippen LogP contribution in [0.25, 0.3) is 0 Å². The van der Waals surface area contributed by atoms with E-state index in [9.17, 15) is 9.59 Å². The van der Waals surface area contributed by atoms with E-state index in [4.69, 9.17) is 4.74 Å². The number of benzene rings is 3. The van der Waals surface area contributed by atoms with Gasteiger partial charge in [-0.2, -0.15) is 0 Å². The van der Waals surface area contributed by atoms with Gasteiger partial charge in [-0.05, 0) is 48.7 Å². The molecule has 0 spiro atoms. The lowest BCUT2D eigenvalue weighted by atomic mass is 10.0. The van der Waals surface area contributed by atoms with Crippen LogP contribution in [0.3, 0.4) is 0 Å². The second-order valence-corrected chi connectivity index (χ2v) is 8.88. The number of halogens is 1. The van der Waals surface area contributed by atoms with Gasteiger partial charge in [0.25, 0.3) is 5.91 Å². The van der Waals surface area contributed by atoms with Crippen molar-refractivity contribution in [1.82, 2.24) is 10.2 Å². The van der Waals surface area contributed by atoms with Crippen LogP contribution >= 0.6 is 15.9 Å². The number of rotatable bonds is 9. The maximum absolute atomic E-state index is 13.4. The molecule has 33 heavy (non-hydrogen) atoms. The van der Waals surface area contributed by atoms with Crippen LogP contribution in [-0.4, -0.2) is 36.4 Å². The van der Waals surface area contributed by atoms with Crippen molar-refractivity contribution >= 4 is 27.7 Å². The molecule has 1 N–H and O–H groups in total. The summed E-state index contributed by atoms with van der Waals surface area (Å²) in [4.78, 5) is 27.9. The number of nitrogens with one attached hydrogen (secondary N) is 1.